The van der Waals surface area contributed by atoms with Crippen molar-refractivity contribution in [3.63, 3.8) is 0 Å². The zero-order valence-electron chi connectivity index (χ0n) is 10.1. The van der Waals surface area contributed by atoms with Crippen LogP contribution in [0.5, 0.6) is 5.75 Å². The van der Waals surface area contributed by atoms with Gasteiger partial charge >= 0.3 is 0 Å². The highest BCUT2D eigenvalue weighted by Gasteiger charge is 1.95. The predicted octanol–water partition coefficient (Wildman–Crippen LogP) is 1.57. The minimum absolute atomic E-state index is 0.223. The fourth-order valence-corrected chi connectivity index (χ4v) is 1.54. The largest absolute Gasteiger partial charge is 0.492 e. The molecule has 1 aromatic heterocycles. The smallest absolute Gasteiger partial charge is 0.266 e. The first-order valence-electron chi connectivity index (χ1n) is 5.72. The summed E-state index contributed by atoms with van der Waals surface area (Å²) < 4.78 is 5.57. The maximum absolute atomic E-state index is 11.0. The minimum atomic E-state index is -0.223. The number of ether oxygens (including phenoxy) is 1. The average Bonchev–Trinajstić information content (AvgIpc) is 2.35. The molecular formula is C13H15N3O2. The molecule has 0 bridgehead atoms. The van der Waals surface area contributed by atoms with E-state index >= 15 is 0 Å². The number of hydrogen-bond acceptors (Lipinski definition) is 4. The molecule has 2 N–H and O–H groups in total. The van der Waals surface area contributed by atoms with Crippen LogP contribution in [0, 0.1) is 6.92 Å². The van der Waals surface area contributed by atoms with E-state index in [1.54, 1.807) is 6.20 Å². The van der Waals surface area contributed by atoms with Crippen molar-refractivity contribution in [1.82, 2.24) is 10.2 Å². The van der Waals surface area contributed by atoms with Crippen molar-refractivity contribution in [2.24, 2.45) is 0 Å². The highest BCUT2D eigenvalue weighted by molar-refractivity contribution is 5.38. The molecule has 0 radical (unpaired) electrons. The first-order chi connectivity index (χ1) is 8.74. The van der Waals surface area contributed by atoms with Crippen molar-refractivity contribution in [2.45, 2.75) is 6.92 Å². The van der Waals surface area contributed by atoms with Gasteiger partial charge in [0, 0.05) is 12.6 Å². The lowest BCUT2D eigenvalue weighted by Gasteiger charge is -2.08. The van der Waals surface area contributed by atoms with Crippen LogP contribution in [0.1, 0.15) is 5.56 Å². The van der Waals surface area contributed by atoms with E-state index in [0.717, 1.165) is 5.75 Å². The second kappa shape index (κ2) is 5.86. The maximum Gasteiger partial charge on any atom is 0.266 e. The second-order valence-corrected chi connectivity index (χ2v) is 3.93. The van der Waals surface area contributed by atoms with Gasteiger partial charge in [-0.15, -0.1) is 0 Å². The van der Waals surface area contributed by atoms with Gasteiger partial charge in [0.05, 0.1) is 11.9 Å². The number of anilines is 1. The average molecular weight is 245 g/mol. The van der Waals surface area contributed by atoms with Crippen LogP contribution in [0.15, 0.2) is 41.3 Å². The Morgan fingerprint density at radius 3 is 3.06 bits per heavy atom. The molecule has 94 valence electrons. The van der Waals surface area contributed by atoms with Crippen molar-refractivity contribution >= 4 is 5.69 Å². The lowest BCUT2D eigenvalue weighted by atomic mass is 10.2. The Balaban J connectivity index is 1.78. The Bertz CT molecular complexity index is 566. The van der Waals surface area contributed by atoms with Crippen LogP contribution < -0.4 is 15.6 Å². The quantitative estimate of drug-likeness (QED) is 0.785. The minimum Gasteiger partial charge on any atom is -0.492 e. The van der Waals surface area contributed by atoms with E-state index in [0.29, 0.717) is 18.8 Å². The summed E-state index contributed by atoms with van der Waals surface area (Å²) in [6, 6.07) is 9.34. The van der Waals surface area contributed by atoms with Gasteiger partial charge in [-0.3, -0.25) is 4.79 Å². The third-order valence-corrected chi connectivity index (χ3v) is 2.35. The summed E-state index contributed by atoms with van der Waals surface area (Å²) in [6.45, 7) is 3.16. The SMILES string of the molecule is Cc1cccc(OCCNc2cn[nH]c(=O)c2)c1. The van der Waals surface area contributed by atoms with Crippen molar-refractivity contribution in [2.75, 3.05) is 18.5 Å². The molecule has 0 spiro atoms. The van der Waals surface area contributed by atoms with Gasteiger partial charge < -0.3 is 10.1 Å². The van der Waals surface area contributed by atoms with Crippen LogP contribution in [-0.2, 0) is 0 Å². The van der Waals surface area contributed by atoms with E-state index < -0.39 is 0 Å². The number of nitrogens with zero attached hydrogens (tertiary/aromatic N) is 1. The van der Waals surface area contributed by atoms with Crippen molar-refractivity contribution in [1.29, 1.82) is 0 Å². The molecule has 5 heteroatoms. The Hall–Kier alpha value is -2.30. The third-order valence-electron chi connectivity index (χ3n) is 2.35. The van der Waals surface area contributed by atoms with Gasteiger partial charge in [0.2, 0.25) is 0 Å². The number of hydrogen-bond donors (Lipinski definition) is 2. The summed E-state index contributed by atoms with van der Waals surface area (Å²) in [4.78, 5) is 11.0. The molecule has 2 aromatic rings. The van der Waals surface area contributed by atoms with Crippen LogP contribution >= 0.6 is 0 Å². The van der Waals surface area contributed by atoms with E-state index in [-0.39, 0.29) is 5.56 Å². The highest BCUT2D eigenvalue weighted by atomic mass is 16.5. The standard InChI is InChI=1S/C13H15N3O2/c1-10-3-2-4-12(7-10)18-6-5-14-11-8-13(17)16-15-9-11/h2-4,7-9H,5-6H2,1H3,(H2,14,16,17). The molecule has 2 rings (SSSR count). The summed E-state index contributed by atoms with van der Waals surface area (Å²) in [5.41, 5.74) is 1.63. The number of benzene rings is 1. The maximum atomic E-state index is 11.0. The van der Waals surface area contributed by atoms with E-state index in [9.17, 15) is 4.79 Å². The van der Waals surface area contributed by atoms with Crippen LogP contribution in [0.25, 0.3) is 0 Å². The molecule has 0 aliphatic rings. The summed E-state index contributed by atoms with van der Waals surface area (Å²) in [7, 11) is 0. The third kappa shape index (κ3) is 3.62. The molecule has 0 saturated heterocycles. The monoisotopic (exact) mass is 245 g/mol. The Kier molecular flexibility index (Phi) is 3.96. The topological polar surface area (TPSA) is 67.0 Å². The summed E-state index contributed by atoms with van der Waals surface area (Å²) in [5.74, 6) is 0.848. The zero-order chi connectivity index (χ0) is 12.8. The number of H-pyrrole nitrogens is 1. The van der Waals surface area contributed by atoms with E-state index in [1.807, 2.05) is 31.2 Å². The molecule has 0 saturated carbocycles. The number of aromatic amines is 1. The first kappa shape index (κ1) is 12.2. The van der Waals surface area contributed by atoms with Crippen molar-refractivity contribution in [3.8, 4) is 5.75 Å². The molecule has 0 amide bonds. The second-order valence-electron chi connectivity index (χ2n) is 3.93. The lowest BCUT2D eigenvalue weighted by Crippen LogP contribution is -2.14. The van der Waals surface area contributed by atoms with Crippen molar-refractivity contribution < 1.29 is 4.74 Å². The van der Waals surface area contributed by atoms with Gasteiger partial charge in [-0.2, -0.15) is 5.10 Å². The molecule has 0 aliphatic carbocycles. The zero-order valence-corrected chi connectivity index (χ0v) is 10.1. The summed E-state index contributed by atoms with van der Waals surface area (Å²) in [6.07, 6.45) is 1.56. The lowest BCUT2D eigenvalue weighted by molar-refractivity contribution is 0.332. The van der Waals surface area contributed by atoms with E-state index in [2.05, 4.69) is 15.5 Å². The van der Waals surface area contributed by atoms with E-state index in [4.69, 9.17) is 4.74 Å². The van der Waals surface area contributed by atoms with Crippen molar-refractivity contribution in [3.05, 3.63) is 52.4 Å². The van der Waals surface area contributed by atoms with Gasteiger partial charge in [-0.1, -0.05) is 12.1 Å². The molecule has 1 aromatic carbocycles. The molecule has 0 atom stereocenters. The fraction of sp³-hybridized carbons (Fsp3) is 0.231. The number of aryl methyl sites for hydroxylation is 1. The van der Waals surface area contributed by atoms with Gasteiger partial charge in [-0.05, 0) is 24.6 Å². The molecular weight excluding hydrogens is 230 g/mol. The van der Waals surface area contributed by atoms with Crippen LogP contribution in [0.4, 0.5) is 5.69 Å². The van der Waals surface area contributed by atoms with Gasteiger partial charge in [0.1, 0.15) is 12.4 Å². The fourth-order valence-electron chi connectivity index (χ4n) is 1.54. The van der Waals surface area contributed by atoms with Gasteiger partial charge in [-0.25, -0.2) is 5.10 Å². The Labute approximate surface area is 105 Å². The Morgan fingerprint density at radius 2 is 2.28 bits per heavy atom. The first-order valence-corrected chi connectivity index (χ1v) is 5.72. The summed E-state index contributed by atoms with van der Waals surface area (Å²) >= 11 is 0. The van der Waals surface area contributed by atoms with Crippen LogP contribution in [-0.4, -0.2) is 23.3 Å². The number of aromatic nitrogens is 2. The molecule has 18 heavy (non-hydrogen) atoms. The highest BCUT2D eigenvalue weighted by Crippen LogP contribution is 2.11. The molecule has 5 nitrogen and oxygen atoms in total. The molecule has 1 heterocycles. The van der Waals surface area contributed by atoms with Gasteiger partial charge in [0.15, 0.2) is 0 Å². The number of rotatable bonds is 5. The van der Waals surface area contributed by atoms with Crippen LogP contribution in [0.3, 0.4) is 0 Å². The molecule has 0 fully saturated rings. The number of nitrogens with one attached hydrogen (secondary N) is 2. The predicted molar refractivity (Wildman–Crippen MR) is 70.0 cm³/mol. The molecule has 0 unspecified atom stereocenters. The molecule has 0 aliphatic heterocycles. The normalized spacial score (nSPS) is 10.1. The Morgan fingerprint density at radius 1 is 1.39 bits per heavy atom. The van der Waals surface area contributed by atoms with Gasteiger partial charge in [0.25, 0.3) is 5.56 Å². The van der Waals surface area contributed by atoms with Crippen LogP contribution in [0.2, 0.25) is 0 Å². The van der Waals surface area contributed by atoms with E-state index in [1.165, 1.54) is 11.6 Å². The summed E-state index contributed by atoms with van der Waals surface area (Å²) in [5, 5.41) is 9.07.